The molecule has 0 fully saturated rings. The van der Waals surface area contributed by atoms with Crippen molar-refractivity contribution in [2.75, 3.05) is 0 Å². The van der Waals surface area contributed by atoms with E-state index in [9.17, 15) is 0 Å². The fourth-order valence-corrected chi connectivity index (χ4v) is 2.70. The van der Waals surface area contributed by atoms with Gasteiger partial charge in [0, 0.05) is 18.8 Å². The van der Waals surface area contributed by atoms with Crippen LogP contribution in [0.25, 0.3) is 0 Å². The van der Waals surface area contributed by atoms with Gasteiger partial charge < -0.3 is 5.32 Å². The highest BCUT2D eigenvalue weighted by atomic mass is 14.9. The second-order valence-electron chi connectivity index (χ2n) is 7.20. The van der Waals surface area contributed by atoms with Gasteiger partial charge in [0.1, 0.15) is 0 Å². The number of rotatable bonds is 4. The Morgan fingerprint density at radius 2 is 1.73 bits per heavy atom. The molecule has 0 spiro atoms. The Labute approximate surface area is 135 Å². The summed E-state index contributed by atoms with van der Waals surface area (Å²) >= 11 is 0. The summed E-state index contributed by atoms with van der Waals surface area (Å²) in [6, 6.07) is 11.0. The minimum Gasteiger partial charge on any atom is -0.305 e. The molecule has 1 aromatic carbocycles. The van der Waals surface area contributed by atoms with Crippen LogP contribution in [0, 0.1) is 13.8 Å². The molecule has 0 saturated carbocycles. The fourth-order valence-electron chi connectivity index (χ4n) is 2.70. The Hall–Kier alpha value is -1.67. The summed E-state index contributed by atoms with van der Waals surface area (Å²) in [4.78, 5) is 4.42. The molecular formula is C20H28N2. The van der Waals surface area contributed by atoms with Gasteiger partial charge in [0.05, 0.1) is 5.69 Å². The van der Waals surface area contributed by atoms with E-state index in [0.717, 1.165) is 12.2 Å². The molecule has 22 heavy (non-hydrogen) atoms. The zero-order valence-corrected chi connectivity index (χ0v) is 14.7. The summed E-state index contributed by atoms with van der Waals surface area (Å²) in [6.07, 6.45) is 1.85. The number of aryl methyl sites for hydroxylation is 2. The quantitative estimate of drug-likeness (QED) is 0.872. The highest BCUT2D eigenvalue weighted by Crippen LogP contribution is 2.27. The lowest BCUT2D eigenvalue weighted by Gasteiger charge is -2.23. The molecule has 0 radical (unpaired) electrons. The number of pyridine rings is 1. The molecule has 1 aromatic heterocycles. The van der Waals surface area contributed by atoms with E-state index >= 15 is 0 Å². The zero-order valence-electron chi connectivity index (χ0n) is 14.7. The summed E-state index contributed by atoms with van der Waals surface area (Å²) < 4.78 is 0. The molecule has 0 aliphatic heterocycles. The van der Waals surface area contributed by atoms with Crippen molar-refractivity contribution >= 4 is 0 Å². The van der Waals surface area contributed by atoms with Gasteiger partial charge in [-0.05, 0) is 60.6 Å². The van der Waals surface area contributed by atoms with E-state index in [-0.39, 0.29) is 11.5 Å². The van der Waals surface area contributed by atoms with Crippen molar-refractivity contribution in [3.63, 3.8) is 0 Å². The highest BCUT2D eigenvalue weighted by Gasteiger charge is 2.16. The molecule has 118 valence electrons. The maximum Gasteiger partial charge on any atom is 0.0570 e. The third kappa shape index (κ3) is 3.95. The number of nitrogens with zero attached hydrogens (tertiary/aromatic N) is 1. The van der Waals surface area contributed by atoms with Crippen molar-refractivity contribution in [3.05, 3.63) is 64.5 Å². The van der Waals surface area contributed by atoms with Crippen LogP contribution in [-0.4, -0.2) is 4.98 Å². The molecule has 2 heteroatoms. The SMILES string of the molecule is Cc1cc(C(C)(C)C)cc(C)c1CNC(C)c1ccccn1. The summed E-state index contributed by atoms with van der Waals surface area (Å²) in [5.74, 6) is 0. The summed E-state index contributed by atoms with van der Waals surface area (Å²) in [5, 5.41) is 3.59. The van der Waals surface area contributed by atoms with Crippen molar-refractivity contribution in [2.24, 2.45) is 0 Å². The lowest BCUT2D eigenvalue weighted by molar-refractivity contribution is 0.557. The fraction of sp³-hybridized carbons (Fsp3) is 0.450. The van der Waals surface area contributed by atoms with Crippen LogP contribution in [-0.2, 0) is 12.0 Å². The lowest BCUT2D eigenvalue weighted by atomic mass is 9.84. The highest BCUT2D eigenvalue weighted by molar-refractivity contribution is 5.40. The van der Waals surface area contributed by atoms with E-state index in [2.05, 4.69) is 70.0 Å². The van der Waals surface area contributed by atoms with Crippen molar-refractivity contribution in [1.82, 2.24) is 10.3 Å². The maximum absolute atomic E-state index is 4.42. The van der Waals surface area contributed by atoms with Gasteiger partial charge in [-0.3, -0.25) is 4.98 Å². The first-order valence-electron chi connectivity index (χ1n) is 8.04. The van der Waals surface area contributed by atoms with E-state index in [4.69, 9.17) is 0 Å². The lowest BCUT2D eigenvalue weighted by Crippen LogP contribution is -2.21. The van der Waals surface area contributed by atoms with Gasteiger partial charge in [-0.1, -0.05) is 39.0 Å². The maximum atomic E-state index is 4.42. The van der Waals surface area contributed by atoms with Crippen LogP contribution in [0.4, 0.5) is 0 Å². The van der Waals surface area contributed by atoms with Crippen LogP contribution in [0.1, 0.15) is 61.7 Å². The van der Waals surface area contributed by atoms with E-state index in [0.29, 0.717) is 0 Å². The Morgan fingerprint density at radius 3 is 2.23 bits per heavy atom. The predicted octanol–water partition coefficient (Wildman–Crippen LogP) is 4.85. The number of benzene rings is 1. The second-order valence-corrected chi connectivity index (χ2v) is 7.20. The zero-order chi connectivity index (χ0) is 16.3. The molecule has 1 N–H and O–H groups in total. The molecule has 0 saturated heterocycles. The van der Waals surface area contributed by atoms with Crippen molar-refractivity contribution in [2.45, 2.75) is 59.5 Å². The molecule has 2 rings (SSSR count). The Bertz CT molecular complexity index is 601. The largest absolute Gasteiger partial charge is 0.305 e. The van der Waals surface area contributed by atoms with Gasteiger partial charge in [-0.25, -0.2) is 0 Å². The average Bonchev–Trinajstić information content (AvgIpc) is 2.46. The molecule has 1 atom stereocenters. The van der Waals surface area contributed by atoms with Crippen molar-refractivity contribution < 1.29 is 0 Å². The number of aromatic nitrogens is 1. The standard InChI is InChI=1S/C20H28N2/c1-14-11-17(20(4,5)6)12-15(2)18(14)13-22-16(3)19-9-7-8-10-21-19/h7-12,16,22H,13H2,1-6H3. The first kappa shape index (κ1) is 16.7. The Morgan fingerprint density at radius 1 is 1.09 bits per heavy atom. The Kier molecular flexibility index (Phi) is 5.02. The Balaban J connectivity index is 2.14. The van der Waals surface area contributed by atoms with Gasteiger partial charge in [-0.2, -0.15) is 0 Å². The topological polar surface area (TPSA) is 24.9 Å². The predicted molar refractivity (Wildman–Crippen MR) is 94.1 cm³/mol. The third-order valence-corrected chi connectivity index (χ3v) is 4.28. The molecule has 0 aliphatic carbocycles. The molecule has 2 aromatic rings. The monoisotopic (exact) mass is 296 g/mol. The minimum absolute atomic E-state index is 0.197. The normalized spacial score (nSPS) is 13.2. The van der Waals surface area contributed by atoms with Crippen LogP contribution >= 0.6 is 0 Å². The first-order chi connectivity index (χ1) is 10.3. The van der Waals surface area contributed by atoms with Crippen LogP contribution in [0.3, 0.4) is 0 Å². The van der Waals surface area contributed by atoms with Gasteiger partial charge in [0.15, 0.2) is 0 Å². The number of nitrogens with one attached hydrogen (secondary N) is 1. The number of hydrogen-bond acceptors (Lipinski definition) is 2. The summed E-state index contributed by atoms with van der Waals surface area (Å²) in [7, 11) is 0. The summed E-state index contributed by atoms with van der Waals surface area (Å²) in [6.45, 7) is 14.3. The van der Waals surface area contributed by atoms with Crippen molar-refractivity contribution in [1.29, 1.82) is 0 Å². The second kappa shape index (κ2) is 6.62. The third-order valence-electron chi connectivity index (χ3n) is 4.28. The first-order valence-corrected chi connectivity index (χ1v) is 8.04. The molecule has 0 amide bonds. The molecule has 1 heterocycles. The van der Waals surface area contributed by atoms with Crippen molar-refractivity contribution in [3.8, 4) is 0 Å². The number of hydrogen-bond donors (Lipinski definition) is 1. The van der Waals surface area contributed by atoms with Gasteiger partial charge in [-0.15, -0.1) is 0 Å². The molecule has 0 aliphatic rings. The van der Waals surface area contributed by atoms with E-state index in [1.165, 1.54) is 22.3 Å². The van der Waals surface area contributed by atoms with E-state index < -0.39 is 0 Å². The van der Waals surface area contributed by atoms with Crippen LogP contribution in [0.2, 0.25) is 0 Å². The molecule has 1 unspecified atom stereocenters. The van der Waals surface area contributed by atoms with E-state index in [1.54, 1.807) is 0 Å². The van der Waals surface area contributed by atoms with Gasteiger partial charge in [0.25, 0.3) is 0 Å². The molecule has 2 nitrogen and oxygen atoms in total. The summed E-state index contributed by atoms with van der Waals surface area (Å²) in [5.41, 5.74) is 6.82. The minimum atomic E-state index is 0.197. The smallest absolute Gasteiger partial charge is 0.0570 e. The van der Waals surface area contributed by atoms with Crippen LogP contribution < -0.4 is 5.32 Å². The van der Waals surface area contributed by atoms with E-state index in [1.807, 2.05) is 18.3 Å². The van der Waals surface area contributed by atoms with Crippen LogP contribution in [0.5, 0.6) is 0 Å². The van der Waals surface area contributed by atoms with Crippen LogP contribution in [0.15, 0.2) is 36.5 Å². The van der Waals surface area contributed by atoms with Gasteiger partial charge >= 0.3 is 0 Å². The molecular weight excluding hydrogens is 268 g/mol. The van der Waals surface area contributed by atoms with Gasteiger partial charge in [0.2, 0.25) is 0 Å². The average molecular weight is 296 g/mol. The molecule has 0 bridgehead atoms.